The molecule has 0 aromatic rings. The molecule has 0 saturated carbocycles. The van der Waals surface area contributed by atoms with E-state index in [9.17, 15) is 4.79 Å². The zero-order valence-corrected chi connectivity index (χ0v) is 9.01. The number of halogens is 1. The first-order valence-corrected chi connectivity index (χ1v) is 5.25. The molecule has 0 aromatic heterocycles. The molecular formula is C8H12INO. The topological polar surface area (TPSA) is 29.4 Å². The summed E-state index contributed by atoms with van der Waals surface area (Å²) < 4.78 is 0.888. The molecule has 0 saturated heterocycles. The van der Waals surface area contributed by atoms with E-state index in [4.69, 9.17) is 0 Å². The number of alkyl halides is 1. The summed E-state index contributed by atoms with van der Waals surface area (Å²) in [6.45, 7) is 3.92. The van der Waals surface area contributed by atoms with Gasteiger partial charge in [0.15, 0.2) is 0 Å². The highest BCUT2D eigenvalue weighted by Crippen LogP contribution is 2.28. The van der Waals surface area contributed by atoms with Crippen LogP contribution in [0, 0.1) is 5.41 Å². The van der Waals surface area contributed by atoms with E-state index in [1.54, 1.807) is 0 Å². The van der Waals surface area contributed by atoms with Gasteiger partial charge in [-0.3, -0.25) is 4.79 Å². The van der Waals surface area contributed by atoms with Gasteiger partial charge in [-0.15, -0.1) is 0 Å². The van der Waals surface area contributed by atoms with E-state index in [1.807, 2.05) is 13.8 Å². The van der Waals surface area contributed by atoms with Crippen molar-refractivity contribution in [3.05, 3.63) is 0 Å². The molecule has 0 unspecified atom stereocenters. The van der Waals surface area contributed by atoms with Gasteiger partial charge in [-0.25, -0.2) is 4.99 Å². The van der Waals surface area contributed by atoms with E-state index in [0.29, 0.717) is 0 Å². The van der Waals surface area contributed by atoms with Gasteiger partial charge in [0.2, 0.25) is 0 Å². The molecule has 62 valence electrons. The highest BCUT2D eigenvalue weighted by molar-refractivity contribution is 14.1. The number of rotatable bonds is 1. The predicted molar refractivity (Wildman–Crippen MR) is 54.3 cm³/mol. The van der Waals surface area contributed by atoms with Crippen molar-refractivity contribution in [3.8, 4) is 0 Å². The maximum absolute atomic E-state index is 11.3. The summed E-state index contributed by atoms with van der Waals surface area (Å²) in [5.74, 6) is 0.0513. The summed E-state index contributed by atoms with van der Waals surface area (Å²) in [5, 5.41) is 0. The largest absolute Gasteiger partial charge is 0.272 e. The van der Waals surface area contributed by atoms with Crippen molar-refractivity contribution in [1.29, 1.82) is 0 Å². The number of hydrogen-bond acceptors (Lipinski definition) is 1. The van der Waals surface area contributed by atoms with Crippen molar-refractivity contribution >= 4 is 34.2 Å². The van der Waals surface area contributed by atoms with E-state index in [-0.39, 0.29) is 11.3 Å². The standard InChI is InChI=1S/C8H12INO/c1-8(2)4-3-6(5-9)10-7(8)11/h3-5H2,1-2H3. The Morgan fingerprint density at radius 1 is 1.64 bits per heavy atom. The quantitative estimate of drug-likeness (QED) is 0.528. The van der Waals surface area contributed by atoms with Crippen molar-refractivity contribution in [2.24, 2.45) is 10.4 Å². The van der Waals surface area contributed by atoms with Gasteiger partial charge < -0.3 is 0 Å². The molecule has 0 radical (unpaired) electrons. The monoisotopic (exact) mass is 265 g/mol. The maximum Gasteiger partial charge on any atom is 0.251 e. The minimum atomic E-state index is -0.213. The Labute approximate surface area is 80.6 Å². The molecule has 0 N–H and O–H groups in total. The first-order valence-electron chi connectivity index (χ1n) is 3.73. The van der Waals surface area contributed by atoms with Crippen molar-refractivity contribution in [3.63, 3.8) is 0 Å². The number of aliphatic imine (C=N–C) groups is 1. The van der Waals surface area contributed by atoms with Crippen LogP contribution < -0.4 is 0 Å². The average molecular weight is 265 g/mol. The van der Waals surface area contributed by atoms with E-state index in [1.165, 1.54) is 0 Å². The fourth-order valence-electron chi connectivity index (χ4n) is 1.01. The zero-order valence-electron chi connectivity index (χ0n) is 6.85. The number of carbonyl (C=O) groups excluding carboxylic acids is 1. The Balaban J connectivity index is 2.79. The lowest BCUT2D eigenvalue weighted by atomic mass is 9.84. The van der Waals surface area contributed by atoms with Crippen molar-refractivity contribution in [2.45, 2.75) is 26.7 Å². The number of hydrogen-bond donors (Lipinski definition) is 0. The molecule has 1 amide bonds. The van der Waals surface area contributed by atoms with E-state index in [0.717, 1.165) is 23.0 Å². The summed E-state index contributed by atoms with van der Waals surface area (Å²) in [6, 6.07) is 0. The second-order valence-corrected chi connectivity index (χ2v) is 4.26. The van der Waals surface area contributed by atoms with Crippen LogP contribution in [0.15, 0.2) is 4.99 Å². The lowest BCUT2D eigenvalue weighted by Crippen LogP contribution is -2.29. The second kappa shape index (κ2) is 3.21. The molecule has 1 aliphatic heterocycles. The first-order chi connectivity index (χ1) is 5.06. The highest BCUT2D eigenvalue weighted by Gasteiger charge is 2.30. The molecule has 11 heavy (non-hydrogen) atoms. The second-order valence-electron chi connectivity index (χ2n) is 3.50. The molecule has 0 bridgehead atoms. The van der Waals surface area contributed by atoms with Gasteiger partial charge in [0.1, 0.15) is 0 Å². The van der Waals surface area contributed by atoms with E-state index >= 15 is 0 Å². The smallest absolute Gasteiger partial charge is 0.251 e. The minimum absolute atomic E-state index is 0.0513. The molecule has 1 heterocycles. The van der Waals surface area contributed by atoms with E-state index < -0.39 is 0 Å². The summed E-state index contributed by atoms with van der Waals surface area (Å²) in [6.07, 6.45) is 1.94. The van der Waals surface area contributed by atoms with Crippen molar-refractivity contribution in [2.75, 3.05) is 4.43 Å². The minimum Gasteiger partial charge on any atom is -0.272 e. The van der Waals surface area contributed by atoms with Gasteiger partial charge in [-0.05, 0) is 12.8 Å². The predicted octanol–water partition coefficient (Wildman–Crippen LogP) is 2.21. The molecule has 0 fully saturated rings. The SMILES string of the molecule is CC1(C)CCC(CI)=NC1=O. The summed E-state index contributed by atoms with van der Waals surface area (Å²) in [5.41, 5.74) is 0.838. The number of carbonyl (C=O) groups is 1. The average Bonchev–Trinajstić information content (AvgIpc) is 1.95. The molecule has 2 nitrogen and oxygen atoms in total. The van der Waals surface area contributed by atoms with Gasteiger partial charge in [0.25, 0.3) is 5.91 Å². The normalized spacial score (nSPS) is 23.2. The van der Waals surface area contributed by atoms with Gasteiger partial charge in [0.05, 0.1) is 0 Å². The number of nitrogens with zero attached hydrogens (tertiary/aromatic N) is 1. The molecule has 0 spiro atoms. The Bertz CT molecular complexity index is 208. The van der Waals surface area contributed by atoms with E-state index in [2.05, 4.69) is 27.6 Å². The third-order valence-electron chi connectivity index (χ3n) is 2.03. The van der Waals surface area contributed by atoms with Crippen LogP contribution in [0.5, 0.6) is 0 Å². The van der Waals surface area contributed by atoms with Crippen LogP contribution in [0.2, 0.25) is 0 Å². The zero-order chi connectivity index (χ0) is 8.48. The van der Waals surface area contributed by atoms with Crippen LogP contribution in [0.25, 0.3) is 0 Å². The molecule has 1 aliphatic rings. The van der Waals surface area contributed by atoms with Gasteiger partial charge in [-0.1, -0.05) is 36.4 Å². The van der Waals surface area contributed by atoms with Crippen LogP contribution in [0.1, 0.15) is 26.7 Å². The van der Waals surface area contributed by atoms with Crippen LogP contribution >= 0.6 is 22.6 Å². The fourth-order valence-corrected chi connectivity index (χ4v) is 1.56. The Morgan fingerprint density at radius 3 is 2.73 bits per heavy atom. The van der Waals surface area contributed by atoms with Crippen molar-refractivity contribution < 1.29 is 4.79 Å². The molecule has 0 aliphatic carbocycles. The molecule has 0 aromatic carbocycles. The van der Waals surface area contributed by atoms with Crippen LogP contribution in [-0.4, -0.2) is 16.0 Å². The summed E-state index contributed by atoms with van der Waals surface area (Å²) in [4.78, 5) is 15.3. The molecular weight excluding hydrogens is 253 g/mol. The molecule has 3 heteroatoms. The molecule has 0 atom stereocenters. The van der Waals surface area contributed by atoms with Gasteiger partial charge >= 0.3 is 0 Å². The lowest BCUT2D eigenvalue weighted by Gasteiger charge is -2.24. The van der Waals surface area contributed by atoms with Gasteiger partial charge in [0, 0.05) is 15.6 Å². The van der Waals surface area contributed by atoms with Crippen LogP contribution in [0.4, 0.5) is 0 Å². The Hall–Kier alpha value is 0.0700. The highest BCUT2D eigenvalue weighted by atomic mass is 127. The third-order valence-corrected chi connectivity index (χ3v) is 2.91. The van der Waals surface area contributed by atoms with Crippen molar-refractivity contribution in [1.82, 2.24) is 0 Å². The Morgan fingerprint density at radius 2 is 2.27 bits per heavy atom. The maximum atomic E-state index is 11.3. The number of amides is 1. The first kappa shape index (κ1) is 9.16. The third kappa shape index (κ3) is 2.01. The summed E-state index contributed by atoms with van der Waals surface area (Å²) in [7, 11) is 0. The lowest BCUT2D eigenvalue weighted by molar-refractivity contribution is -0.126. The summed E-state index contributed by atoms with van der Waals surface area (Å²) >= 11 is 2.25. The molecule has 1 rings (SSSR count). The van der Waals surface area contributed by atoms with Gasteiger partial charge in [-0.2, -0.15) is 0 Å². The van der Waals surface area contributed by atoms with Crippen LogP contribution in [-0.2, 0) is 4.79 Å². The fraction of sp³-hybridized carbons (Fsp3) is 0.750. The Kier molecular flexibility index (Phi) is 2.67. The van der Waals surface area contributed by atoms with Crippen LogP contribution in [0.3, 0.4) is 0 Å².